The van der Waals surface area contributed by atoms with Crippen LogP contribution in [-0.2, 0) is 11.3 Å². The fourth-order valence-electron chi connectivity index (χ4n) is 1.21. The first-order valence-corrected chi connectivity index (χ1v) is 5.44. The summed E-state index contributed by atoms with van der Waals surface area (Å²) in [6.07, 6.45) is 1.41. The van der Waals surface area contributed by atoms with Crippen LogP contribution in [0.5, 0.6) is 11.5 Å². The highest BCUT2D eigenvalue weighted by molar-refractivity contribution is 14.1. The van der Waals surface area contributed by atoms with Gasteiger partial charge in [-0.1, -0.05) is 6.58 Å². The summed E-state index contributed by atoms with van der Waals surface area (Å²) in [6, 6.07) is 3.74. The maximum Gasteiger partial charge on any atom is 0.132 e. The molecule has 0 unspecified atom stereocenters. The Bertz CT molecular complexity index is 350. The first-order chi connectivity index (χ1) is 7.24. The van der Waals surface area contributed by atoms with E-state index in [9.17, 15) is 0 Å². The minimum atomic E-state index is 0.433. The van der Waals surface area contributed by atoms with Crippen molar-refractivity contribution in [2.45, 2.75) is 6.61 Å². The second-order valence-corrected chi connectivity index (χ2v) is 3.82. The molecule has 1 rings (SSSR count). The summed E-state index contributed by atoms with van der Waals surface area (Å²) in [5.41, 5.74) is 0.970. The van der Waals surface area contributed by atoms with Crippen molar-refractivity contribution in [1.29, 1.82) is 0 Å². The van der Waals surface area contributed by atoms with Gasteiger partial charge in [-0.2, -0.15) is 0 Å². The largest absolute Gasteiger partial charge is 0.497 e. The summed E-state index contributed by atoms with van der Waals surface area (Å²) >= 11 is 2.21. The van der Waals surface area contributed by atoms with Crippen LogP contribution in [0.25, 0.3) is 0 Å². The van der Waals surface area contributed by atoms with Gasteiger partial charge in [-0.15, -0.1) is 0 Å². The highest BCUT2D eigenvalue weighted by Crippen LogP contribution is 2.32. The fourth-order valence-corrected chi connectivity index (χ4v) is 2.03. The summed E-state index contributed by atoms with van der Waals surface area (Å²) in [4.78, 5) is 0. The smallest absolute Gasteiger partial charge is 0.132 e. The molecule has 0 atom stereocenters. The van der Waals surface area contributed by atoms with Crippen LogP contribution in [0.15, 0.2) is 25.0 Å². The lowest BCUT2D eigenvalue weighted by molar-refractivity contribution is 0.231. The van der Waals surface area contributed by atoms with Gasteiger partial charge in [0.1, 0.15) is 18.1 Å². The maximum atomic E-state index is 5.25. The van der Waals surface area contributed by atoms with Gasteiger partial charge >= 0.3 is 0 Å². The number of hydrogen-bond donors (Lipinski definition) is 0. The van der Waals surface area contributed by atoms with Crippen LogP contribution in [0, 0.1) is 3.57 Å². The second kappa shape index (κ2) is 5.85. The quantitative estimate of drug-likeness (QED) is 0.617. The molecule has 0 fully saturated rings. The Morgan fingerprint density at radius 3 is 2.40 bits per heavy atom. The van der Waals surface area contributed by atoms with Gasteiger partial charge in [0.05, 0.1) is 24.1 Å². The Labute approximate surface area is 103 Å². The first-order valence-electron chi connectivity index (χ1n) is 4.36. The molecule has 0 radical (unpaired) electrons. The molecule has 0 aliphatic carbocycles. The Hall–Kier alpha value is -0.910. The van der Waals surface area contributed by atoms with Crippen LogP contribution in [0.4, 0.5) is 0 Å². The van der Waals surface area contributed by atoms with Gasteiger partial charge in [0.25, 0.3) is 0 Å². The lowest BCUT2D eigenvalue weighted by atomic mass is 10.2. The Morgan fingerprint density at radius 2 is 1.87 bits per heavy atom. The van der Waals surface area contributed by atoms with Crippen LogP contribution >= 0.6 is 22.6 Å². The van der Waals surface area contributed by atoms with Crippen LogP contribution < -0.4 is 9.47 Å². The van der Waals surface area contributed by atoms with Crippen molar-refractivity contribution in [3.8, 4) is 11.5 Å². The van der Waals surface area contributed by atoms with E-state index in [1.807, 2.05) is 12.1 Å². The number of halogens is 1. The second-order valence-electron chi connectivity index (χ2n) is 2.74. The van der Waals surface area contributed by atoms with Crippen LogP contribution in [0.3, 0.4) is 0 Å². The number of benzene rings is 1. The van der Waals surface area contributed by atoms with Gasteiger partial charge in [0.2, 0.25) is 0 Å². The SMILES string of the molecule is C=COCc1c(OC)ccc(OC)c1I. The summed E-state index contributed by atoms with van der Waals surface area (Å²) in [7, 11) is 3.28. The van der Waals surface area contributed by atoms with E-state index in [4.69, 9.17) is 14.2 Å². The monoisotopic (exact) mass is 320 g/mol. The van der Waals surface area contributed by atoms with Crippen molar-refractivity contribution in [2.75, 3.05) is 14.2 Å². The van der Waals surface area contributed by atoms with Gasteiger partial charge in [-0.25, -0.2) is 0 Å². The van der Waals surface area contributed by atoms with Crippen molar-refractivity contribution in [1.82, 2.24) is 0 Å². The topological polar surface area (TPSA) is 27.7 Å². The third-order valence-electron chi connectivity index (χ3n) is 1.95. The molecule has 0 saturated carbocycles. The summed E-state index contributed by atoms with van der Waals surface area (Å²) in [6.45, 7) is 3.94. The average Bonchev–Trinajstić information content (AvgIpc) is 2.27. The molecule has 82 valence electrons. The molecule has 15 heavy (non-hydrogen) atoms. The molecular weight excluding hydrogens is 307 g/mol. The van der Waals surface area contributed by atoms with Crippen molar-refractivity contribution in [3.05, 3.63) is 34.1 Å². The highest BCUT2D eigenvalue weighted by Gasteiger charge is 2.12. The zero-order valence-electron chi connectivity index (χ0n) is 8.75. The molecule has 0 bridgehead atoms. The number of hydrogen-bond acceptors (Lipinski definition) is 3. The maximum absolute atomic E-state index is 5.25. The first kappa shape index (κ1) is 12.2. The number of methoxy groups -OCH3 is 2. The van der Waals surface area contributed by atoms with E-state index in [2.05, 4.69) is 29.2 Å². The van der Waals surface area contributed by atoms with Crippen molar-refractivity contribution in [3.63, 3.8) is 0 Å². The lowest BCUT2D eigenvalue weighted by Crippen LogP contribution is -1.99. The Balaban J connectivity index is 3.10. The minimum absolute atomic E-state index is 0.433. The third-order valence-corrected chi connectivity index (χ3v) is 3.13. The van der Waals surface area contributed by atoms with Crippen molar-refractivity contribution >= 4 is 22.6 Å². The molecular formula is C11H13IO3. The highest BCUT2D eigenvalue weighted by atomic mass is 127. The van der Waals surface area contributed by atoms with E-state index in [-0.39, 0.29) is 0 Å². The zero-order chi connectivity index (χ0) is 11.3. The van der Waals surface area contributed by atoms with Crippen molar-refractivity contribution in [2.24, 2.45) is 0 Å². The average molecular weight is 320 g/mol. The molecule has 0 aliphatic rings. The van der Waals surface area contributed by atoms with E-state index < -0.39 is 0 Å². The number of ether oxygens (including phenoxy) is 3. The van der Waals surface area contributed by atoms with E-state index in [1.165, 1.54) is 6.26 Å². The van der Waals surface area contributed by atoms with Crippen LogP contribution in [0.1, 0.15) is 5.56 Å². The summed E-state index contributed by atoms with van der Waals surface area (Å²) in [5, 5.41) is 0. The molecule has 0 aromatic heterocycles. The molecule has 0 amide bonds. The van der Waals surface area contributed by atoms with Crippen LogP contribution in [0.2, 0.25) is 0 Å². The van der Waals surface area contributed by atoms with Gasteiger partial charge in [-0.05, 0) is 34.7 Å². The number of rotatable bonds is 5. The summed E-state index contributed by atoms with van der Waals surface area (Å²) in [5.74, 6) is 1.61. The zero-order valence-corrected chi connectivity index (χ0v) is 10.9. The molecule has 1 aromatic rings. The van der Waals surface area contributed by atoms with Crippen LogP contribution in [-0.4, -0.2) is 14.2 Å². The molecule has 0 saturated heterocycles. The lowest BCUT2D eigenvalue weighted by Gasteiger charge is -2.13. The standard InChI is InChI=1S/C11H13IO3/c1-4-15-7-8-9(13-2)5-6-10(14-3)11(8)12/h4-6H,1,7H2,2-3H3. The predicted octanol–water partition coefficient (Wildman–Crippen LogP) is 2.97. The summed E-state index contributed by atoms with van der Waals surface area (Å²) < 4.78 is 16.6. The van der Waals surface area contributed by atoms with E-state index >= 15 is 0 Å². The minimum Gasteiger partial charge on any atom is -0.497 e. The molecule has 0 spiro atoms. The van der Waals surface area contributed by atoms with Gasteiger partial charge in [0, 0.05) is 5.56 Å². The molecule has 0 N–H and O–H groups in total. The van der Waals surface area contributed by atoms with Crippen molar-refractivity contribution < 1.29 is 14.2 Å². The third kappa shape index (κ3) is 2.77. The molecule has 0 heterocycles. The fraction of sp³-hybridized carbons (Fsp3) is 0.273. The van der Waals surface area contributed by atoms with E-state index in [0.717, 1.165) is 20.6 Å². The van der Waals surface area contributed by atoms with E-state index in [0.29, 0.717) is 6.61 Å². The Morgan fingerprint density at radius 1 is 1.27 bits per heavy atom. The molecule has 4 heteroatoms. The molecule has 0 aliphatic heterocycles. The van der Waals surface area contributed by atoms with Gasteiger partial charge in [-0.3, -0.25) is 0 Å². The normalized spacial score (nSPS) is 9.53. The predicted molar refractivity (Wildman–Crippen MR) is 67.2 cm³/mol. The van der Waals surface area contributed by atoms with E-state index in [1.54, 1.807) is 14.2 Å². The molecule has 3 nitrogen and oxygen atoms in total. The molecule has 1 aromatic carbocycles. The Kier molecular flexibility index (Phi) is 4.74. The van der Waals surface area contributed by atoms with Gasteiger partial charge < -0.3 is 14.2 Å². The van der Waals surface area contributed by atoms with Gasteiger partial charge in [0.15, 0.2) is 0 Å².